The number of nitrogens with zero attached hydrogens (tertiary/aromatic N) is 1. The van der Waals surface area contributed by atoms with Crippen LogP contribution in [0.25, 0.3) is 0 Å². The van der Waals surface area contributed by atoms with Crippen LogP contribution in [-0.2, 0) is 16.1 Å². The predicted molar refractivity (Wildman–Crippen MR) is 115 cm³/mol. The lowest BCUT2D eigenvalue weighted by atomic mass is 9.69. The summed E-state index contributed by atoms with van der Waals surface area (Å²) in [7, 11) is 1.55. The van der Waals surface area contributed by atoms with Gasteiger partial charge in [-0.2, -0.15) is 0 Å². The van der Waals surface area contributed by atoms with E-state index in [2.05, 4.69) is 10.3 Å². The van der Waals surface area contributed by atoms with E-state index in [1.807, 2.05) is 26.0 Å². The van der Waals surface area contributed by atoms with E-state index >= 15 is 0 Å². The quantitative estimate of drug-likeness (QED) is 0.779. The number of carbonyl (C=O) groups is 1. The molecule has 0 spiro atoms. The summed E-state index contributed by atoms with van der Waals surface area (Å²) >= 11 is 6.51. The molecular weight excluding hydrogens is 406 g/mol. The Hall–Kier alpha value is -2.64. The molecule has 2 N–H and O–H groups in total. The molecule has 1 aromatic carbocycles. The molecule has 0 radical (unpaired) electrons. The maximum absolute atomic E-state index is 13.2. The predicted octanol–water partition coefficient (Wildman–Crippen LogP) is 3.04. The smallest absolute Gasteiger partial charge is 0.330 e. The summed E-state index contributed by atoms with van der Waals surface area (Å²) in [6, 6.07) is 7.20. The van der Waals surface area contributed by atoms with Gasteiger partial charge in [0.1, 0.15) is 5.82 Å². The molecule has 2 heterocycles. The molecule has 0 saturated carbocycles. The highest BCUT2D eigenvalue weighted by Gasteiger charge is 2.43. The van der Waals surface area contributed by atoms with Crippen molar-refractivity contribution in [3.63, 3.8) is 0 Å². The van der Waals surface area contributed by atoms with Crippen LogP contribution in [0.3, 0.4) is 0 Å². The Morgan fingerprint density at radius 3 is 2.63 bits per heavy atom. The van der Waals surface area contributed by atoms with Gasteiger partial charge in [0.25, 0.3) is 5.56 Å². The monoisotopic (exact) mass is 429 g/mol. The van der Waals surface area contributed by atoms with Crippen molar-refractivity contribution >= 4 is 23.2 Å². The first kappa shape index (κ1) is 20.6. The second kappa shape index (κ2) is 7.56. The van der Waals surface area contributed by atoms with E-state index in [9.17, 15) is 14.4 Å². The van der Waals surface area contributed by atoms with Crippen LogP contribution in [0.15, 0.2) is 45.1 Å². The van der Waals surface area contributed by atoms with Gasteiger partial charge in [-0.15, -0.1) is 0 Å². The molecule has 1 aliphatic carbocycles. The second-order valence-corrected chi connectivity index (χ2v) is 8.99. The summed E-state index contributed by atoms with van der Waals surface area (Å²) in [6.07, 6.45) is 1.00. The number of rotatable bonds is 4. The van der Waals surface area contributed by atoms with Crippen molar-refractivity contribution in [3.05, 3.63) is 72.5 Å². The number of carbonyl (C=O) groups excluding carboxylic acids is 1. The number of aromatic nitrogens is 2. The third-order valence-corrected chi connectivity index (χ3v) is 6.08. The summed E-state index contributed by atoms with van der Waals surface area (Å²) in [5, 5.41) is 3.73. The molecule has 4 rings (SSSR count). The topological polar surface area (TPSA) is 93.2 Å². The largest absolute Gasteiger partial charge is 0.383 e. The fourth-order valence-electron chi connectivity index (χ4n) is 4.47. The van der Waals surface area contributed by atoms with Gasteiger partial charge >= 0.3 is 5.69 Å². The zero-order valence-electron chi connectivity index (χ0n) is 17.2. The van der Waals surface area contributed by atoms with Gasteiger partial charge in [-0.05, 0) is 23.5 Å². The Morgan fingerprint density at radius 2 is 1.93 bits per heavy atom. The van der Waals surface area contributed by atoms with Crippen molar-refractivity contribution < 1.29 is 9.53 Å². The minimum Gasteiger partial charge on any atom is -0.383 e. The van der Waals surface area contributed by atoms with Gasteiger partial charge in [0.15, 0.2) is 5.78 Å². The molecule has 0 bridgehead atoms. The van der Waals surface area contributed by atoms with Crippen LogP contribution in [0.5, 0.6) is 0 Å². The van der Waals surface area contributed by atoms with Gasteiger partial charge in [0, 0.05) is 35.7 Å². The van der Waals surface area contributed by atoms with Gasteiger partial charge < -0.3 is 10.1 Å². The third kappa shape index (κ3) is 3.42. The number of Topliss-reactive ketones (excluding diaryl/α,β-unsaturated/α-hetero) is 1. The molecule has 0 saturated heterocycles. The van der Waals surface area contributed by atoms with Gasteiger partial charge in [0.05, 0.1) is 18.7 Å². The normalized spacial score (nSPS) is 19.9. The first-order valence-corrected chi connectivity index (χ1v) is 10.2. The maximum atomic E-state index is 13.2. The standard InChI is InChI=1S/C22H24ClN3O4/c1-22(2)10-14-17(15(27)11-22)16(12-6-4-5-7-13(12)23)18-19(24-14)26(8-9-30-3)21(29)25-20(18)28/h4-7,16,24H,8-11H2,1-3H3,(H,25,28,29)/t16-/m0/s1. The van der Waals surface area contributed by atoms with Gasteiger partial charge in [-0.25, -0.2) is 4.79 Å². The highest BCUT2D eigenvalue weighted by atomic mass is 35.5. The number of anilines is 1. The van der Waals surface area contributed by atoms with E-state index in [4.69, 9.17) is 16.3 Å². The van der Waals surface area contributed by atoms with Gasteiger partial charge in [0.2, 0.25) is 0 Å². The Labute approximate surface area is 178 Å². The molecule has 1 aliphatic heterocycles. The van der Waals surface area contributed by atoms with Crippen LogP contribution in [0, 0.1) is 5.41 Å². The Kier molecular flexibility index (Phi) is 5.20. The molecule has 158 valence electrons. The SMILES string of the molecule is COCCn1c2c(c(=O)[nH]c1=O)[C@@H](c1ccccc1Cl)C1=C(CC(C)(C)CC1=O)N2. The van der Waals surface area contributed by atoms with Crippen LogP contribution in [0.2, 0.25) is 5.02 Å². The number of hydrogen-bond donors (Lipinski definition) is 2. The molecule has 0 unspecified atom stereocenters. The van der Waals surface area contributed by atoms with Gasteiger partial charge in [-0.1, -0.05) is 43.6 Å². The average molecular weight is 430 g/mol. The van der Waals surface area contributed by atoms with Crippen molar-refractivity contribution in [3.8, 4) is 0 Å². The minimum absolute atomic E-state index is 0.0154. The lowest BCUT2D eigenvalue weighted by Crippen LogP contribution is -2.42. The zero-order chi connectivity index (χ0) is 21.6. The van der Waals surface area contributed by atoms with Crippen LogP contribution >= 0.6 is 11.6 Å². The third-order valence-electron chi connectivity index (χ3n) is 5.74. The molecule has 0 amide bonds. The number of allylic oxidation sites excluding steroid dienone is 2. The molecule has 1 atom stereocenters. The fourth-order valence-corrected chi connectivity index (χ4v) is 4.72. The number of methoxy groups -OCH3 is 1. The number of fused-ring (bicyclic) bond motifs is 1. The van der Waals surface area contributed by atoms with E-state index in [1.54, 1.807) is 19.2 Å². The highest BCUT2D eigenvalue weighted by Crippen LogP contribution is 2.48. The number of ketones is 1. The number of ether oxygens (including phenoxy) is 1. The van der Waals surface area contributed by atoms with Crippen LogP contribution in [-0.4, -0.2) is 29.1 Å². The molecule has 2 aliphatic rings. The lowest BCUT2D eigenvalue weighted by Gasteiger charge is -2.39. The Morgan fingerprint density at radius 1 is 1.20 bits per heavy atom. The Balaban J connectivity index is 2.03. The molecule has 30 heavy (non-hydrogen) atoms. The number of H-pyrrole nitrogens is 1. The summed E-state index contributed by atoms with van der Waals surface area (Å²) in [5.41, 5.74) is 1.01. The minimum atomic E-state index is -0.647. The average Bonchev–Trinajstić information content (AvgIpc) is 2.65. The summed E-state index contributed by atoms with van der Waals surface area (Å²) in [5.74, 6) is -0.264. The molecule has 7 nitrogen and oxygen atoms in total. The van der Waals surface area contributed by atoms with Crippen LogP contribution in [0.1, 0.15) is 43.7 Å². The van der Waals surface area contributed by atoms with Gasteiger partial charge in [-0.3, -0.25) is 19.1 Å². The molecule has 2 aromatic rings. The zero-order valence-corrected chi connectivity index (χ0v) is 17.9. The lowest BCUT2D eigenvalue weighted by molar-refractivity contribution is -0.118. The van der Waals surface area contributed by atoms with Crippen LogP contribution in [0.4, 0.5) is 5.82 Å². The number of hydrogen-bond acceptors (Lipinski definition) is 5. The van der Waals surface area contributed by atoms with Crippen molar-refractivity contribution in [1.82, 2.24) is 9.55 Å². The number of nitrogens with one attached hydrogen (secondary N) is 2. The van der Waals surface area contributed by atoms with E-state index in [-0.39, 0.29) is 17.7 Å². The molecule has 1 aromatic heterocycles. The second-order valence-electron chi connectivity index (χ2n) is 8.58. The van der Waals surface area contributed by atoms with Crippen molar-refractivity contribution in [2.75, 3.05) is 19.0 Å². The number of benzene rings is 1. The summed E-state index contributed by atoms with van der Waals surface area (Å²) in [4.78, 5) is 41.2. The van der Waals surface area contributed by atoms with Crippen molar-refractivity contribution in [1.29, 1.82) is 0 Å². The van der Waals surface area contributed by atoms with E-state index in [1.165, 1.54) is 4.57 Å². The molecular formula is C22H24ClN3O4. The number of halogens is 1. The molecule has 8 heteroatoms. The summed E-state index contributed by atoms with van der Waals surface area (Å²) < 4.78 is 6.60. The highest BCUT2D eigenvalue weighted by molar-refractivity contribution is 6.31. The van der Waals surface area contributed by atoms with E-state index in [0.717, 1.165) is 5.70 Å². The van der Waals surface area contributed by atoms with Crippen molar-refractivity contribution in [2.45, 2.75) is 39.2 Å². The first-order valence-electron chi connectivity index (χ1n) is 9.87. The van der Waals surface area contributed by atoms with E-state index in [0.29, 0.717) is 47.0 Å². The van der Waals surface area contributed by atoms with E-state index < -0.39 is 17.2 Å². The summed E-state index contributed by atoms with van der Waals surface area (Å²) in [6.45, 7) is 4.63. The van der Waals surface area contributed by atoms with Crippen molar-refractivity contribution in [2.24, 2.45) is 5.41 Å². The number of aromatic amines is 1. The fraction of sp³-hybridized carbons (Fsp3) is 0.409. The molecule has 0 fully saturated rings. The maximum Gasteiger partial charge on any atom is 0.330 e. The Bertz CT molecular complexity index is 1180. The van der Waals surface area contributed by atoms with Crippen LogP contribution < -0.4 is 16.6 Å². The first-order chi connectivity index (χ1) is 14.2.